The van der Waals surface area contributed by atoms with Crippen LogP contribution in [0.15, 0.2) is 47.0 Å². The van der Waals surface area contributed by atoms with Crippen molar-refractivity contribution < 1.29 is 13.7 Å². The van der Waals surface area contributed by atoms with Gasteiger partial charge in [-0.2, -0.15) is 4.98 Å². The van der Waals surface area contributed by atoms with E-state index in [1.54, 1.807) is 12.1 Å². The number of halogens is 1. The minimum atomic E-state index is -0.343. The molecule has 2 aromatic carbocycles. The number of nitrogens with zero attached hydrogens (tertiary/aromatic N) is 2. The Kier molecular flexibility index (Phi) is 3.87. The van der Waals surface area contributed by atoms with Crippen LogP contribution in [-0.4, -0.2) is 10.1 Å². The van der Waals surface area contributed by atoms with Gasteiger partial charge in [-0.25, -0.2) is 4.39 Å². The molecule has 0 amide bonds. The second-order valence-electron chi connectivity index (χ2n) is 5.04. The maximum Gasteiger partial charge on any atom is 0.258 e. The molecule has 5 heteroatoms. The SMILES string of the molecule is Cc1cccc(C)c1OCc1noc(-c2cccc(F)c2)n1. The van der Waals surface area contributed by atoms with E-state index < -0.39 is 0 Å². The Hall–Kier alpha value is -2.69. The number of para-hydroxylation sites is 1. The summed E-state index contributed by atoms with van der Waals surface area (Å²) in [4.78, 5) is 4.23. The van der Waals surface area contributed by atoms with Gasteiger partial charge in [-0.15, -0.1) is 0 Å². The number of rotatable bonds is 4. The van der Waals surface area contributed by atoms with Crippen molar-refractivity contribution in [1.82, 2.24) is 10.1 Å². The first-order valence-electron chi connectivity index (χ1n) is 6.91. The normalized spacial score (nSPS) is 10.7. The monoisotopic (exact) mass is 298 g/mol. The average Bonchev–Trinajstić information content (AvgIpc) is 2.96. The van der Waals surface area contributed by atoms with Crippen LogP contribution in [-0.2, 0) is 6.61 Å². The van der Waals surface area contributed by atoms with Crippen molar-refractivity contribution in [1.29, 1.82) is 0 Å². The van der Waals surface area contributed by atoms with Crippen LogP contribution >= 0.6 is 0 Å². The Bertz CT molecular complexity index is 779. The molecular formula is C17H15FN2O2. The number of aryl methyl sites for hydroxylation is 2. The van der Waals surface area contributed by atoms with Gasteiger partial charge in [0, 0.05) is 5.56 Å². The van der Waals surface area contributed by atoms with Crippen LogP contribution in [0.1, 0.15) is 17.0 Å². The molecule has 0 aliphatic heterocycles. The molecule has 0 radical (unpaired) electrons. The van der Waals surface area contributed by atoms with Crippen LogP contribution in [0.2, 0.25) is 0 Å². The second kappa shape index (κ2) is 5.97. The third-order valence-electron chi connectivity index (χ3n) is 3.29. The molecule has 112 valence electrons. The first-order valence-corrected chi connectivity index (χ1v) is 6.91. The molecule has 3 aromatic rings. The summed E-state index contributed by atoms with van der Waals surface area (Å²) in [6.07, 6.45) is 0. The molecular weight excluding hydrogens is 283 g/mol. The lowest BCUT2D eigenvalue weighted by molar-refractivity contribution is 0.283. The highest BCUT2D eigenvalue weighted by molar-refractivity contribution is 5.52. The van der Waals surface area contributed by atoms with Crippen LogP contribution < -0.4 is 4.74 Å². The van der Waals surface area contributed by atoms with E-state index in [1.165, 1.54) is 12.1 Å². The molecule has 1 heterocycles. The summed E-state index contributed by atoms with van der Waals surface area (Å²) in [6, 6.07) is 12.0. The number of hydrogen-bond acceptors (Lipinski definition) is 4. The number of benzene rings is 2. The molecule has 0 atom stereocenters. The van der Waals surface area contributed by atoms with E-state index in [1.807, 2.05) is 32.0 Å². The fraction of sp³-hybridized carbons (Fsp3) is 0.176. The summed E-state index contributed by atoms with van der Waals surface area (Å²) < 4.78 is 24.1. The predicted octanol–water partition coefficient (Wildman–Crippen LogP) is 4.07. The number of aromatic nitrogens is 2. The van der Waals surface area contributed by atoms with E-state index in [4.69, 9.17) is 9.26 Å². The zero-order valence-electron chi connectivity index (χ0n) is 12.3. The second-order valence-corrected chi connectivity index (χ2v) is 5.04. The summed E-state index contributed by atoms with van der Waals surface area (Å²) in [6.45, 7) is 4.16. The van der Waals surface area contributed by atoms with E-state index in [0.717, 1.165) is 16.9 Å². The Morgan fingerprint density at radius 1 is 1.09 bits per heavy atom. The van der Waals surface area contributed by atoms with Gasteiger partial charge in [-0.05, 0) is 43.2 Å². The highest BCUT2D eigenvalue weighted by Gasteiger charge is 2.11. The third-order valence-corrected chi connectivity index (χ3v) is 3.29. The maximum atomic E-state index is 13.2. The topological polar surface area (TPSA) is 48.2 Å². The Labute approximate surface area is 127 Å². The van der Waals surface area contributed by atoms with Crippen LogP contribution in [0.3, 0.4) is 0 Å². The van der Waals surface area contributed by atoms with Gasteiger partial charge in [0.25, 0.3) is 5.89 Å². The quantitative estimate of drug-likeness (QED) is 0.728. The lowest BCUT2D eigenvalue weighted by Crippen LogP contribution is -2.00. The molecule has 0 saturated heterocycles. The Morgan fingerprint density at radius 3 is 2.55 bits per heavy atom. The van der Waals surface area contributed by atoms with E-state index in [9.17, 15) is 4.39 Å². The smallest absolute Gasteiger partial charge is 0.258 e. The standard InChI is InChI=1S/C17H15FN2O2/c1-11-5-3-6-12(2)16(11)21-10-15-19-17(22-20-15)13-7-4-8-14(18)9-13/h3-9H,10H2,1-2H3. The van der Waals surface area contributed by atoms with Crippen LogP contribution in [0, 0.1) is 19.7 Å². The Morgan fingerprint density at radius 2 is 1.82 bits per heavy atom. The largest absolute Gasteiger partial charge is 0.485 e. The fourth-order valence-corrected chi connectivity index (χ4v) is 2.21. The highest BCUT2D eigenvalue weighted by Crippen LogP contribution is 2.24. The number of ether oxygens (including phenoxy) is 1. The molecule has 22 heavy (non-hydrogen) atoms. The molecule has 0 fully saturated rings. The summed E-state index contributed by atoms with van der Waals surface area (Å²) in [5.41, 5.74) is 2.65. The molecule has 0 aliphatic rings. The van der Waals surface area contributed by atoms with E-state index in [0.29, 0.717) is 11.4 Å². The predicted molar refractivity (Wildman–Crippen MR) is 79.9 cm³/mol. The Balaban J connectivity index is 1.75. The van der Waals surface area contributed by atoms with Crippen molar-refractivity contribution in [3.05, 3.63) is 65.2 Å². The highest BCUT2D eigenvalue weighted by atomic mass is 19.1. The van der Waals surface area contributed by atoms with Crippen LogP contribution in [0.25, 0.3) is 11.5 Å². The first-order chi connectivity index (χ1) is 10.6. The fourth-order valence-electron chi connectivity index (χ4n) is 2.21. The third kappa shape index (κ3) is 2.98. The molecule has 0 unspecified atom stereocenters. The molecule has 0 spiro atoms. The van der Waals surface area contributed by atoms with Gasteiger partial charge < -0.3 is 9.26 Å². The van der Waals surface area contributed by atoms with Gasteiger partial charge in [-0.3, -0.25) is 0 Å². The first kappa shape index (κ1) is 14.3. The summed E-state index contributed by atoms with van der Waals surface area (Å²) in [5.74, 6) is 1.17. The van der Waals surface area contributed by atoms with Gasteiger partial charge in [0.15, 0.2) is 6.61 Å². The summed E-state index contributed by atoms with van der Waals surface area (Å²) in [7, 11) is 0. The van der Waals surface area contributed by atoms with Crippen molar-refractivity contribution in [2.45, 2.75) is 20.5 Å². The lowest BCUT2D eigenvalue weighted by Gasteiger charge is -2.09. The van der Waals surface area contributed by atoms with E-state index in [2.05, 4.69) is 10.1 Å². The van der Waals surface area contributed by atoms with Crippen molar-refractivity contribution >= 4 is 0 Å². The maximum absolute atomic E-state index is 13.2. The minimum absolute atomic E-state index is 0.199. The molecule has 1 aromatic heterocycles. The van der Waals surface area contributed by atoms with Crippen molar-refractivity contribution in [2.75, 3.05) is 0 Å². The molecule has 0 aliphatic carbocycles. The van der Waals surface area contributed by atoms with Gasteiger partial charge in [0.1, 0.15) is 11.6 Å². The van der Waals surface area contributed by atoms with Crippen molar-refractivity contribution in [3.63, 3.8) is 0 Å². The number of hydrogen-bond donors (Lipinski definition) is 0. The molecule has 0 N–H and O–H groups in total. The molecule has 3 rings (SSSR count). The zero-order chi connectivity index (χ0) is 15.5. The van der Waals surface area contributed by atoms with Gasteiger partial charge in [0.2, 0.25) is 5.82 Å². The molecule has 0 saturated carbocycles. The molecule has 4 nitrogen and oxygen atoms in total. The van der Waals surface area contributed by atoms with Crippen molar-refractivity contribution in [2.24, 2.45) is 0 Å². The van der Waals surface area contributed by atoms with E-state index >= 15 is 0 Å². The molecule has 0 bridgehead atoms. The van der Waals surface area contributed by atoms with Gasteiger partial charge >= 0.3 is 0 Å². The van der Waals surface area contributed by atoms with Gasteiger partial charge in [-0.1, -0.05) is 29.4 Å². The average molecular weight is 298 g/mol. The lowest BCUT2D eigenvalue weighted by atomic mass is 10.1. The minimum Gasteiger partial charge on any atom is -0.485 e. The van der Waals surface area contributed by atoms with Crippen LogP contribution in [0.4, 0.5) is 4.39 Å². The van der Waals surface area contributed by atoms with Gasteiger partial charge in [0.05, 0.1) is 0 Å². The van der Waals surface area contributed by atoms with E-state index in [-0.39, 0.29) is 18.3 Å². The zero-order valence-corrected chi connectivity index (χ0v) is 12.3. The summed E-state index contributed by atoms with van der Waals surface area (Å²) in [5, 5.41) is 3.86. The van der Waals surface area contributed by atoms with Crippen molar-refractivity contribution in [3.8, 4) is 17.2 Å². The van der Waals surface area contributed by atoms with Crippen LogP contribution in [0.5, 0.6) is 5.75 Å². The summed E-state index contributed by atoms with van der Waals surface area (Å²) >= 11 is 0.